The Balaban J connectivity index is 2.23. The van der Waals surface area contributed by atoms with Gasteiger partial charge in [0.25, 0.3) is 5.56 Å². The topological polar surface area (TPSA) is 104 Å². The largest absolute Gasteiger partial charge is 0.450 e. The summed E-state index contributed by atoms with van der Waals surface area (Å²) in [6, 6.07) is 6.31. The molecule has 1 aromatic carbocycles. The molecule has 0 aliphatic rings. The second-order valence-electron chi connectivity index (χ2n) is 6.47. The summed E-state index contributed by atoms with van der Waals surface area (Å²) in [6.45, 7) is 8.00. The lowest BCUT2D eigenvalue weighted by Gasteiger charge is -2.28. The maximum absolute atomic E-state index is 12.9. The highest BCUT2D eigenvalue weighted by Crippen LogP contribution is 2.11. The first kappa shape index (κ1) is 20.4. The number of alkyl carbamates (subject to hydrolysis) is 1. The zero-order valence-electron chi connectivity index (χ0n) is 16.1. The summed E-state index contributed by atoms with van der Waals surface area (Å²) in [5, 5.41) is 3.11. The number of H-pyrrole nitrogens is 1. The Morgan fingerprint density at radius 3 is 2.59 bits per heavy atom. The first-order chi connectivity index (χ1) is 12.9. The molecule has 2 N–H and O–H groups in total. The van der Waals surface area contributed by atoms with Crippen LogP contribution in [0.3, 0.4) is 0 Å². The molecule has 2 amide bonds. The molecule has 8 nitrogen and oxygen atoms in total. The molecule has 0 spiro atoms. The molecular formula is C19H26N4O4. The van der Waals surface area contributed by atoms with Gasteiger partial charge in [-0.05, 0) is 31.9 Å². The van der Waals surface area contributed by atoms with Crippen LogP contribution < -0.4 is 10.9 Å². The maximum Gasteiger partial charge on any atom is 0.407 e. The number of likely N-dealkylation sites (N-methyl/N-ethyl adjacent to an activating group) is 1. The Morgan fingerprint density at radius 1 is 1.26 bits per heavy atom. The van der Waals surface area contributed by atoms with E-state index in [1.807, 2.05) is 20.8 Å². The van der Waals surface area contributed by atoms with Crippen LogP contribution in [-0.4, -0.2) is 46.1 Å². The van der Waals surface area contributed by atoms with Crippen LogP contribution in [0.25, 0.3) is 10.9 Å². The molecule has 0 aliphatic heterocycles. The first-order valence-corrected chi connectivity index (χ1v) is 9.07. The van der Waals surface area contributed by atoms with Crippen molar-refractivity contribution in [1.29, 1.82) is 0 Å². The summed E-state index contributed by atoms with van der Waals surface area (Å²) >= 11 is 0. The lowest BCUT2D eigenvalue weighted by atomic mass is 10.0. The van der Waals surface area contributed by atoms with Crippen LogP contribution in [0.15, 0.2) is 29.1 Å². The Kier molecular flexibility index (Phi) is 6.92. The molecule has 1 atom stereocenters. The lowest BCUT2D eigenvalue weighted by Crippen LogP contribution is -2.51. The van der Waals surface area contributed by atoms with Gasteiger partial charge in [0, 0.05) is 6.54 Å². The maximum atomic E-state index is 12.9. The van der Waals surface area contributed by atoms with Gasteiger partial charge in [-0.3, -0.25) is 9.59 Å². The van der Waals surface area contributed by atoms with Gasteiger partial charge in [-0.1, -0.05) is 26.0 Å². The zero-order chi connectivity index (χ0) is 20.0. The SMILES string of the molecule is CCOC(=O)NC(C(=O)N(CC)Cc1nc2ccccc2c(=O)[nH]1)C(C)C. The fourth-order valence-corrected chi connectivity index (χ4v) is 2.75. The lowest BCUT2D eigenvalue weighted by molar-refractivity contribution is -0.135. The number of hydrogen-bond acceptors (Lipinski definition) is 5. The summed E-state index contributed by atoms with van der Waals surface area (Å²) < 4.78 is 4.89. The number of aromatic amines is 1. The summed E-state index contributed by atoms with van der Waals surface area (Å²) in [4.78, 5) is 45.6. The first-order valence-electron chi connectivity index (χ1n) is 9.07. The third kappa shape index (κ3) is 5.06. The average Bonchev–Trinajstić information content (AvgIpc) is 2.63. The van der Waals surface area contributed by atoms with Crippen LogP contribution >= 0.6 is 0 Å². The fourth-order valence-electron chi connectivity index (χ4n) is 2.75. The summed E-state index contributed by atoms with van der Waals surface area (Å²) in [5.41, 5.74) is 0.328. The number of fused-ring (bicyclic) bond motifs is 1. The summed E-state index contributed by atoms with van der Waals surface area (Å²) in [7, 11) is 0. The van der Waals surface area contributed by atoms with Crippen LogP contribution in [0.2, 0.25) is 0 Å². The van der Waals surface area contributed by atoms with E-state index in [1.165, 1.54) is 0 Å². The van der Waals surface area contributed by atoms with Crippen molar-refractivity contribution in [2.45, 2.75) is 40.3 Å². The normalized spacial score (nSPS) is 12.0. The third-order valence-electron chi connectivity index (χ3n) is 4.18. The molecule has 0 fully saturated rings. The molecule has 1 aromatic heterocycles. The minimum absolute atomic E-state index is 0.125. The van der Waals surface area contributed by atoms with Crippen molar-refractivity contribution in [2.75, 3.05) is 13.2 Å². The van der Waals surface area contributed by atoms with Crippen molar-refractivity contribution >= 4 is 22.9 Å². The number of nitrogens with zero attached hydrogens (tertiary/aromatic N) is 2. The van der Waals surface area contributed by atoms with E-state index < -0.39 is 12.1 Å². The molecule has 2 aromatic rings. The van der Waals surface area contributed by atoms with Gasteiger partial charge in [-0.25, -0.2) is 9.78 Å². The van der Waals surface area contributed by atoms with Crippen molar-refractivity contribution in [3.8, 4) is 0 Å². The minimum atomic E-state index is -0.726. The minimum Gasteiger partial charge on any atom is -0.450 e. The second kappa shape index (κ2) is 9.16. The highest BCUT2D eigenvalue weighted by Gasteiger charge is 2.29. The molecular weight excluding hydrogens is 348 g/mol. The Morgan fingerprint density at radius 2 is 1.96 bits per heavy atom. The van der Waals surface area contributed by atoms with Gasteiger partial charge in [-0.2, -0.15) is 0 Å². The molecule has 1 unspecified atom stereocenters. The standard InChI is InChI=1S/C19H26N4O4/c1-5-23(18(25)16(12(3)4)22-19(26)27-6-2)11-15-20-14-10-8-7-9-13(14)17(24)21-15/h7-10,12,16H,5-6,11H2,1-4H3,(H,22,26)(H,20,21,24). The van der Waals surface area contributed by atoms with E-state index in [0.717, 1.165) is 0 Å². The summed E-state index contributed by atoms with van der Waals surface area (Å²) in [5.74, 6) is 0.0171. The number of aromatic nitrogens is 2. The molecule has 0 aliphatic carbocycles. The number of ether oxygens (including phenoxy) is 1. The number of carbonyl (C=O) groups is 2. The number of para-hydroxylation sites is 1. The van der Waals surface area contributed by atoms with Gasteiger partial charge in [0.2, 0.25) is 5.91 Å². The fraction of sp³-hybridized carbons (Fsp3) is 0.474. The number of carbonyl (C=O) groups excluding carboxylic acids is 2. The molecule has 146 valence electrons. The van der Waals surface area contributed by atoms with Crippen molar-refractivity contribution in [1.82, 2.24) is 20.2 Å². The Bertz CT molecular complexity index is 862. The van der Waals surface area contributed by atoms with Crippen LogP contribution in [0, 0.1) is 5.92 Å². The molecule has 0 bridgehead atoms. The van der Waals surface area contributed by atoms with E-state index in [-0.39, 0.29) is 30.5 Å². The predicted molar refractivity (Wildman–Crippen MR) is 102 cm³/mol. The van der Waals surface area contributed by atoms with Crippen molar-refractivity contribution < 1.29 is 14.3 Å². The molecule has 8 heteroatoms. The van der Waals surface area contributed by atoms with Crippen molar-refractivity contribution in [2.24, 2.45) is 5.92 Å². The van der Waals surface area contributed by atoms with Gasteiger partial charge < -0.3 is 19.9 Å². The van der Waals surface area contributed by atoms with Crippen molar-refractivity contribution in [3.63, 3.8) is 0 Å². The highest BCUT2D eigenvalue weighted by atomic mass is 16.5. The number of hydrogen-bond donors (Lipinski definition) is 2. The molecule has 0 saturated heterocycles. The van der Waals surface area contributed by atoms with Gasteiger partial charge >= 0.3 is 6.09 Å². The number of amides is 2. The number of benzene rings is 1. The molecule has 27 heavy (non-hydrogen) atoms. The van der Waals surface area contributed by atoms with Gasteiger partial charge in [0.05, 0.1) is 24.1 Å². The molecule has 1 heterocycles. The van der Waals surface area contributed by atoms with E-state index in [9.17, 15) is 14.4 Å². The van der Waals surface area contributed by atoms with E-state index >= 15 is 0 Å². The third-order valence-corrected chi connectivity index (χ3v) is 4.18. The van der Waals surface area contributed by atoms with Gasteiger partial charge in [0.15, 0.2) is 0 Å². The van der Waals surface area contributed by atoms with E-state index in [0.29, 0.717) is 23.3 Å². The van der Waals surface area contributed by atoms with Gasteiger partial charge in [0.1, 0.15) is 11.9 Å². The monoisotopic (exact) mass is 374 g/mol. The molecule has 0 saturated carbocycles. The zero-order valence-corrected chi connectivity index (χ0v) is 16.1. The highest BCUT2D eigenvalue weighted by molar-refractivity contribution is 5.86. The quantitative estimate of drug-likeness (QED) is 0.772. The number of nitrogens with one attached hydrogen (secondary N) is 2. The summed E-state index contributed by atoms with van der Waals surface area (Å²) in [6.07, 6.45) is -0.627. The smallest absolute Gasteiger partial charge is 0.407 e. The van der Waals surface area contributed by atoms with Crippen LogP contribution in [0.4, 0.5) is 4.79 Å². The second-order valence-corrected chi connectivity index (χ2v) is 6.47. The molecule has 2 rings (SSSR count). The van der Waals surface area contributed by atoms with Gasteiger partial charge in [-0.15, -0.1) is 0 Å². The molecule has 0 radical (unpaired) electrons. The predicted octanol–water partition coefficient (Wildman–Crippen LogP) is 2.04. The number of rotatable bonds is 7. The van der Waals surface area contributed by atoms with Crippen LogP contribution in [0.5, 0.6) is 0 Å². The van der Waals surface area contributed by atoms with E-state index in [4.69, 9.17) is 4.74 Å². The average molecular weight is 374 g/mol. The van der Waals surface area contributed by atoms with Crippen LogP contribution in [0.1, 0.15) is 33.5 Å². The van der Waals surface area contributed by atoms with Crippen LogP contribution in [-0.2, 0) is 16.1 Å². The van der Waals surface area contributed by atoms with E-state index in [2.05, 4.69) is 15.3 Å². The Labute approximate surface area is 157 Å². The van der Waals surface area contributed by atoms with Crippen molar-refractivity contribution in [3.05, 3.63) is 40.4 Å². The van der Waals surface area contributed by atoms with E-state index in [1.54, 1.807) is 36.1 Å². The Hall–Kier alpha value is -2.90.